The van der Waals surface area contributed by atoms with Crippen molar-refractivity contribution in [1.29, 1.82) is 5.41 Å². The van der Waals surface area contributed by atoms with Gasteiger partial charge in [-0.15, -0.1) is 0 Å². The number of anilines is 1. The summed E-state index contributed by atoms with van der Waals surface area (Å²) < 4.78 is 0. The van der Waals surface area contributed by atoms with Gasteiger partial charge < -0.3 is 10.6 Å². The van der Waals surface area contributed by atoms with E-state index in [1.165, 1.54) is 32.1 Å². The molecule has 2 fully saturated rings. The predicted octanol–water partition coefficient (Wildman–Crippen LogP) is 3.00. The van der Waals surface area contributed by atoms with E-state index in [4.69, 9.17) is 16.1 Å². The van der Waals surface area contributed by atoms with Gasteiger partial charge in [-0.25, -0.2) is 4.98 Å². The van der Waals surface area contributed by atoms with E-state index in [1.807, 2.05) is 19.9 Å². The Bertz CT molecular complexity index is 552. The van der Waals surface area contributed by atoms with Crippen LogP contribution in [0, 0.1) is 31.1 Å². The maximum atomic E-state index is 7.90. The first kappa shape index (κ1) is 14.4. The standard InChI is InChI=1S/C17H26N4/c1-11-9-12(2)20-17(15(11)16(18)19)21-8-7-13-5-3-4-6-14(13)10-21/h9,13-14H,3-8,10H2,1-2H3,(H3,18,19). The van der Waals surface area contributed by atoms with Crippen LogP contribution in [0.2, 0.25) is 0 Å². The van der Waals surface area contributed by atoms with Crippen LogP contribution in [-0.2, 0) is 0 Å². The Morgan fingerprint density at radius 1 is 1.24 bits per heavy atom. The summed E-state index contributed by atoms with van der Waals surface area (Å²) >= 11 is 0. The number of rotatable bonds is 2. The van der Waals surface area contributed by atoms with Crippen LogP contribution in [0.25, 0.3) is 0 Å². The van der Waals surface area contributed by atoms with Gasteiger partial charge in [0.25, 0.3) is 0 Å². The summed E-state index contributed by atoms with van der Waals surface area (Å²) in [6.45, 7) is 6.19. The summed E-state index contributed by atoms with van der Waals surface area (Å²) in [5.74, 6) is 2.78. The van der Waals surface area contributed by atoms with E-state index in [-0.39, 0.29) is 5.84 Å². The van der Waals surface area contributed by atoms with Crippen LogP contribution in [0.4, 0.5) is 5.82 Å². The van der Waals surface area contributed by atoms with E-state index >= 15 is 0 Å². The molecular formula is C17H26N4. The second-order valence-electron chi connectivity index (χ2n) is 6.73. The maximum Gasteiger partial charge on any atom is 0.140 e. The van der Waals surface area contributed by atoms with Gasteiger partial charge in [0.1, 0.15) is 11.7 Å². The number of amidine groups is 1. The van der Waals surface area contributed by atoms with Crippen LogP contribution in [0.5, 0.6) is 0 Å². The fourth-order valence-corrected chi connectivity index (χ4v) is 4.17. The lowest BCUT2D eigenvalue weighted by Gasteiger charge is -2.42. The third-order valence-corrected chi connectivity index (χ3v) is 5.19. The second kappa shape index (κ2) is 5.66. The van der Waals surface area contributed by atoms with Crippen molar-refractivity contribution in [3.8, 4) is 0 Å². The summed E-state index contributed by atoms with van der Waals surface area (Å²) in [4.78, 5) is 7.10. The van der Waals surface area contributed by atoms with Crippen molar-refractivity contribution in [2.75, 3.05) is 18.0 Å². The zero-order valence-corrected chi connectivity index (χ0v) is 13.2. The highest BCUT2D eigenvalue weighted by atomic mass is 15.2. The SMILES string of the molecule is Cc1cc(C)c(C(=N)N)c(N2CCC3CCCCC3C2)n1. The summed E-state index contributed by atoms with van der Waals surface area (Å²) in [5.41, 5.74) is 8.73. The zero-order chi connectivity index (χ0) is 15.0. The fourth-order valence-electron chi connectivity index (χ4n) is 4.17. The maximum absolute atomic E-state index is 7.90. The molecule has 2 atom stereocenters. The number of hydrogen-bond acceptors (Lipinski definition) is 3. The van der Waals surface area contributed by atoms with E-state index < -0.39 is 0 Å². The smallest absolute Gasteiger partial charge is 0.140 e. The van der Waals surface area contributed by atoms with Crippen LogP contribution < -0.4 is 10.6 Å². The van der Waals surface area contributed by atoms with Gasteiger partial charge in [0.15, 0.2) is 0 Å². The van der Waals surface area contributed by atoms with Crippen molar-refractivity contribution in [3.05, 3.63) is 22.9 Å². The number of aromatic nitrogens is 1. The van der Waals surface area contributed by atoms with E-state index in [0.717, 1.165) is 47.6 Å². The van der Waals surface area contributed by atoms with Gasteiger partial charge in [0.2, 0.25) is 0 Å². The number of nitrogens with zero attached hydrogens (tertiary/aromatic N) is 2. The third kappa shape index (κ3) is 2.76. The van der Waals surface area contributed by atoms with E-state index in [2.05, 4.69) is 4.90 Å². The average Bonchev–Trinajstić information content (AvgIpc) is 2.45. The molecule has 1 aliphatic carbocycles. The van der Waals surface area contributed by atoms with Crippen molar-refractivity contribution < 1.29 is 0 Å². The van der Waals surface area contributed by atoms with Gasteiger partial charge >= 0.3 is 0 Å². The van der Waals surface area contributed by atoms with Crippen LogP contribution in [0.1, 0.15) is 48.9 Å². The van der Waals surface area contributed by atoms with E-state index in [9.17, 15) is 0 Å². The minimum Gasteiger partial charge on any atom is -0.384 e. The molecule has 3 rings (SSSR count). The minimum absolute atomic E-state index is 0.140. The highest BCUT2D eigenvalue weighted by Gasteiger charge is 2.32. The van der Waals surface area contributed by atoms with Crippen molar-refractivity contribution >= 4 is 11.7 Å². The first-order valence-electron chi connectivity index (χ1n) is 8.14. The second-order valence-corrected chi connectivity index (χ2v) is 6.73. The molecule has 0 amide bonds. The molecule has 3 N–H and O–H groups in total. The Morgan fingerprint density at radius 3 is 2.67 bits per heavy atom. The van der Waals surface area contributed by atoms with Crippen molar-refractivity contribution in [2.24, 2.45) is 17.6 Å². The Kier molecular flexibility index (Phi) is 3.87. The topological polar surface area (TPSA) is 66.0 Å². The molecule has 2 unspecified atom stereocenters. The van der Waals surface area contributed by atoms with Gasteiger partial charge in [-0.3, -0.25) is 5.41 Å². The fraction of sp³-hybridized carbons (Fsp3) is 0.647. The Hall–Kier alpha value is -1.58. The lowest BCUT2D eigenvalue weighted by molar-refractivity contribution is 0.202. The highest BCUT2D eigenvalue weighted by Crippen LogP contribution is 2.38. The number of nitrogens with two attached hydrogens (primary N) is 1. The molecule has 21 heavy (non-hydrogen) atoms. The highest BCUT2D eigenvalue weighted by molar-refractivity contribution is 6.01. The monoisotopic (exact) mass is 286 g/mol. The Labute approximate surface area is 127 Å². The van der Waals surface area contributed by atoms with E-state index in [0.29, 0.717) is 0 Å². The molecule has 2 heterocycles. The normalized spacial score (nSPS) is 25.5. The van der Waals surface area contributed by atoms with Gasteiger partial charge in [-0.2, -0.15) is 0 Å². The number of piperidine rings is 1. The zero-order valence-electron chi connectivity index (χ0n) is 13.2. The number of pyridine rings is 1. The molecule has 4 nitrogen and oxygen atoms in total. The van der Waals surface area contributed by atoms with Crippen molar-refractivity contribution in [3.63, 3.8) is 0 Å². The molecule has 2 aliphatic rings. The minimum atomic E-state index is 0.140. The molecule has 0 radical (unpaired) electrons. The first-order chi connectivity index (χ1) is 10.1. The van der Waals surface area contributed by atoms with Crippen LogP contribution >= 0.6 is 0 Å². The summed E-state index contributed by atoms with van der Waals surface area (Å²) in [7, 11) is 0. The van der Waals surface area contributed by atoms with E-state index in [1.54, 1.807) is 0 Å². The predicted molar refractivity (Wildman–Crippen MR) is 87.0 cm³/mol. The molecule has 1 aromatic rings. The largest absolute Gasteiger partial charge is 0.384 e. The number of nitrogen functional groups attached to an aromatic ring is 1. The van der Waals surface area contributed by atoms with Crippen LogP contribution in [0.15, 0.2) is 6.07 Å². The van der Waals surface area contributed by atoms with Gasteiger partial charge in [-0.05, 0) is 50.2 Å². The van der Waals surface area contributed by atoms with Gasteiger partial charge in [0.05, 0.1) is 5.56 Å². The van der Waals surface area contributed by atoms with Crippen LogP contribution in [-0.4, -0.2) is 23.9 Å². The molecule has 1 saturated heterocycles. The molecular weight excluding hydrogens is 260 g/mol. The first-order valence-corrected chi connectivity index (χ1v) is 8.14. The Balaban J connectivity index is 1.91. The van der Waals surface area contributed by atoms with Crippen molar-refractivity contribution in [2.45, 2.75) is 46.0 Å². The van der Waals surface area contributed by atoms with Gasteiger partial charge in [-0.1, -0.05) is 19.3 Å². The quantitative estimate of drug-likeness (QED) is 0.649. The Morgan fingerprint density at radius 2 is 1.95 bits per heavy atom. The summed E-state index contributed by atoms with van der Waals surface area (Å²) in [6.07, 6.45) is 6.78. The molecule has 1 aliphatic heterocycles. The molecule has 0 aromatic carbocycles. The number of hydrogen-bond donors (Lipinski definition) is 2. The lowest BCUT2D eigenvalue weighted by Crippen LogP contribution is -2.43. The lowest BCUT2D eigenvalue weighted by atomic mass is 9.75. The molecule has 0 spiro atoms. The van der Waals surface area contributed by atoms with Crippen LogP contribution in [0.3, 0.4) is 0 Å². The number of fused-ring (bicyclic) bond motifs is 1. The van der Waals surface area contributed by atoms with Gasteiger partial charge in [0, 0.05) is 18.8 Å². The van der Waals surface area contributed by atoms with Crippen molar-refractivity contribution in [1.82, 2.24) is 4.98 Å². The number of aryl methyl sites for hydroxylation is 2. The average molecular weight is 286 g/mol. The molecule has 1 saturated carbocycles. The molecule has 4 heteroatoms. The molecule has 0 bridgehead atoms. The molecule has 114 valence electrons. The summed E-state index contributed by atoms with van der Waals surface area (Å²) in [5, 5.41) is 7.90. The summed E-state index contributed by atoms with van der Waals surface area (Å²) in [6, 6.07) is 2.02. The molecule has 1 aromatic heterocycles. The number of nitrogens with one attached hydrogen (secondary N) is 1. The third-order valence-electron chi connectivity index (χ3n) is 5.19.